The van der Waals surface area contributed by atoms with E-state index in [1.54, 1.807) is 4.90 Å². The van der Waals surface area contributed by atoms with Gasteiger partial charge in [0.05, 0.1) is 13.1 Å². The number of carbonyl (C=O) groups is 2. The van der Waals surface area contributed by atoms with E-state index in [1.807, 2.05) is 11.8 Å². The molecule has 2 aliphatic carbocycles. The van der Waals surface area contributed by atoms with Crippen LogP contribution in [0, 0.1) is 0 Å². The summed E-state index contributed by atoms with van der Waals surface area (Å²) in [6.07, 6.45) is 4.25. The van der Waals surface area contributed by atoms with Gasteiger partial charge in [0.25, 0.3) is 0 Å². The van der Waals surface area contributed by atoms with Crippen LogP contribution in [0.15, 0.2) is 0 Å². The third-order valence-corrected chi connectivity index (χ3v) is 3.39. The van der Waals surface area contributed by atoms with Crippen LogP contribution >= 0.6 is 0 Å². The second-order valence-corrected chi connectivity index (χ2v) is 4.94. The van der Waals surface area contributed by atoms with Crippen molar-refractivity contribution in [3.05, 3.63) is 0 Å². The van der Waals surface area contributed by atoms with E-state index in [-0.39, 0.29) is 19.0 Å². The van der Waals surface area contributed by atoms with Crippen molar-refractivity contribution >= 4 is 11.9 Å². The maximum absolute atomic E-state index is 12.1. The van der Waals surface area contributed by atoms with Crippen molar-refractivity contribution in [3.63, 3.8) is 0 Å². The quantitative estimate of drug-likeness (QED) is 0.706. The fourth-order valence-electron chi connectivity index (χ4n) is 2.22. The molecular formula is C12H20N2O3. The number of carboxylic acids is 1. The predicted octanol–water partition coefficient (Wildman–Crippen LogP) is 0.546. The molecule has 96 valence electrons. The van der Waals surface area contributed by atoms with Gasteiger partial charge >= 0.3 is 5.97 Å². The van der Waals surface area contributed by atoms with Gasteiger partial charge in [0.15, 0.2) is 0 Å². The maximum Gasteiger partial charge on any atom is 0.317 e. The van der Waals surface area contributed by atoms with Crippen LogP contribution in [0.4, 0.5) is 0 Å². The van der Waals surface area contributed by atoms with Crippen LogP contribution in [0.1, 0.15) is 32.6 Å². The summed E-state index contributed by atoms with van der Waals surface area (Å²) in [5.74, 6) is -0.762. The third-order valence-electron chi connectivity index (χ3n) is 3.39. The van der Waals surface area contributed by atoms with Gasteiger partial charge in [-0.05, 0) is 32.6 Å². The highest BCUT2D eigenvalue weighted by Crippen LogP contribution is 2.29. The Balaban J connectivity index is 1.87. The molecule has 2 saturated carbocycles. The molecule has 2 aliphatic rings. The predicted molar refractivity (Wildman–Crippen MR) is 62.6 cm³/mol. The molecule has 5 heteroatoms. The Hall–Kier alpha value is -1.10. The fourth-order valence-corrected chi connectivity index (χ4v) is 2.22. The summed E-state index contributed by atoms with van der Waals surface area (Å²) in [6.45, 7) is 2.96. The molecule has 1 N–H and O–H groups in total. The van der Waals surface area contributed by atoms with Gasteiger partial charge in [0.2, 0.25) is 5.91 Å². The topological polar surface area (TPSA) is 60.9 Å². The van der Waals surface area contributed by atoms with E-state index >= 15 is 0 Å². The second-order valence-electron chi connectivity index (χ2n) is 4.94. The smallest absolute Gasteiger partial charge is 0.317 e. The minimum atomic E-state index is -0.848. The number of aliphatic carboxylic acids is 1. The second kappa shape index (κ2) is 5.04. The molecule has 0 spiro atoms. The summed E-state index contributed by atoms with van der Waals surface area (Å²) in [5, 5.41) is 8.82. The monoisotopic (exact) mass is 240 g/mol. The van der Waals surface area contributed by atoms with E-state index in [9.17, 15) is 9.59 Å². The summed E-state index contributed by atoms with van der Waals surface area (Å²) >= 11 is 0. The van der Waals surface area contributed by atoms with Crippen molar-refractivity contribution in [2.45, 2.75) is 44.7 Å². The van der Waals surface area contributed by atoms with Crippen LogP contribution < -0.4 is 0 Å². The first-order chi connectivity index (χ1) is 8.11. The Bertz CT molecular complexity index is 311. The molecule has 5 nitrogen and oxygen atoms in total. The Kier molecular flexibility index (Phi) is 3.66. The van der Waals surface area contributed by atoms with E-state index in [0.717, 1.165) is 32.2 Å². The van der Waals surface area contributed by atoms with Gasteiger partial charge in [-0.1, -0.05) is 0 Å². The number of carbonyl (C=O) groups excluding carboxylic acids is 1. The average Bonchev–Trinajstić information content (AvgIpc) is 3.12. The summed E-state index contributed by atoms with van der Waals surface area (Å²) in [7, 11) is 0. The van der Waals surface area contributed by atoms with Gasteiger partial charge in [0.1, 0.15) is 0 Å². The minimum absolute atomic E-state index is 0.0153. The molecule has 2 fully saturated rings. The van der Waals surface area contributed by atoms with Crippen LogP contribution in [0.2, 0.25) is 0 Å². The van der Waals surface area contributed by atoms with Crippen LogP contribution in [-0.4, -0.2) is 58.5 Å². The van der Waals surface area contributed by atoms with Crippen molar-refractivity contribution in [2.24, 2.45) is 0 Å². The van der Waals surface area contributed by atoms with Crippen molar-refractivity contribution in [1.29, 1.82) is 0 Å². The van der Waals surface area contributed by atoms with Crippen LogP contribution in [-0.2, 0) is 9.59 Å². The van der Waals surface area contributed by atoms with Gasteiger partial charge in [-0.25, -0.2) is 0 Å². The van der Waals surface area contributed by atoms with Crippen molar-refractivity contribution < 1.29 is 14.7 Å². The largest absolute Gasteiger partial charge is 0.480 e. The van der Waals surface area contributed by atoms with E-state index in [1.165, 1.54) is 0 Å². The van der Waals surface area contributed by atoms with Crippen molar-refractivity contribution in [3.8, 4) is 0 Å². The number of amides is 1. The lowest BCUT2D eigenvalue weighted by atomic mass is 10.3. The average molecular weight is 240 g/mol. The van der Waals surface area contributed by atoms with E-state index < -0.39 is 5.97 Å². The van der Waals surface area contributed by atoms with Gasteiger partial charge < -0.3 is 10.0 Å². The highest BCUT2D eigenvalue weighted by atomic mass is 16.4. The molecule has 0 aromatic heterocycles. The Morgan fingerprint density at radius 1 is 1.12 bits per heavy atom. The first-order valence-electron chi connectivity index (χ1n) is 6.37. The first kappa shape index (κ1) is 12.4. The molecule has 0 aliphatic heterocycles. The molecule has 0 heterocycles. The Morgan fingerprint density at radius 3 is 2.12 bits per heavy atom. The summed E-state index contributed by atoms with van der Waals surface area (Å²) in [6, 6.07) is 0.728. The lowest BCUT2D eigenvalue weighted by molar-refractivity contribution is -0.140. The van der Waals surface area contributed by atoms with E-state index in [4.69, 9.17) is 5.11 Å². The number of carboxylic acid groups (broad SMARTS) is 1. The van der Waals surface area contributed by atoms with Gasteiger partial charge in [-0.15, -0.1) is 0 Å². The van der Waals surface area contributed by atoms with E-state index in [2.05, 4.69) is 0 Å². The van der Waals surface area contributed by atoms with Crippen LogP contribution in [0.3, 0.4) is 0 Å². The number of hydrogen-bond acceptors (Lipinski definition) is 3. The van der Waals surface area contributed by atoms with Crippen molar-refractivity contribution in [2.75, 3.05) is 19.6 Å². The highest BCUT2D eigenvalue weighted by molar-refractivity contribution is 5.80. The maximum atomic E-state index is 12.1. The summed E-state index contributed by atoms with van der Waals surface area (Å²) in [4.78, 5) is 26.5. The minimum Gasteiger partial charge on any atom is -0.480 e. The summed E-state index contributed by atoms with van der Waals surface area (Å²) in [5.41, 5.74) is 0. The van der Waals surface area contributed by atoms with Crippen LogP contribution in [0.5, 0.6) is 0 Å². The highest BCUT2D eigenvalue weighted by Gasteiger charge is 2.35. The zero-order valence-corrected chi connectivity index (χ0v) is 10.3. The molecule has 17 heavy (non-hydrogen) atoms. The Labute approximate surface area is 101 Å². The van der Waals surface area contributed by atoms with Crippen LogP contribution in [0.25, 0.3) is 0 Å². The zero-order chi connectivity index (χ0) is 12.4. The molecule has 0 aromatic carbocycles. The molecular weight excluding hydrogens is 220 g/mol. The normalized spacial score (nSPS) is 19.4. The molecule has 0 radical (unpaired) electrons. The van der Waals surface area contributed by atoms with E-state index in [0.29, 0.717) is 12.1 Å². The lowest BCUT2D eigenvalue weighted by Gasteiger charge is -2.25. The van der Waals surface area contributed by atoms with Gasteiger partial charge in [-0.2, -0.15) is 0 Å². The molecule has 1 amide bonds. The number of hydrogen-bond donors (Lipinski definition) is 1. The molecule has 0 unspecified atom stereocenters. The lowest BCUT2D eigenvalue weighted by Crippen LogP contribution is -2.44. The number of rotatable bonds is 7. The molecule has 2 rings (SSSR count). The first-order valence-corrected chi connectivity index (χ1v) is 6.37. The zero-order valence-electron chi connectivity index (χ0n) is 10.3. The van der Waals surface area contributed by atoms with Gasteiger partial charge in [0, 0.05) is 18.6 Å². The Morgan fingerprint density at radius 2 is 1.71 bits per heavy atom. The molecule has 0 aromatic rings. The molecule has 0 atom stereocenters. The van der Waals surface area contributed by atoms with Gasteiger partial charge in [-0.3, -0.25) is 14.5 Å². The molecule has 0 bridgehead atoms. The summed E-state index contributed by atoms with van der Waals surface area (Å²) < 4.78 is 0. The fraction of sp³-hybridized carbons (Fsp3) is 0.833. The SMILES string of the molecule is CCN(C(=O)CN(CC(=O)O)C1CC1)C1CC1. The van der Waals surface area contributed by atoms with Crippen molar-refractivity contribution in [1.82, 2.24) is 9.80 Å². The standard InChI is InChI=1S/C12H20N2O3/c1-2-14(10-5-6-10)11(15)7-13(8-12(16)17)9-3-4-9/h9-10H,2-8H2,1H3,(H,16,17). The third kappa shape index (κ3) is 3.43. The number of nitrogens with zero attached hydrogens (tertiary/aromatic N) is 2. The number of likely N-dealkylation sites (N-methyl/N-ethyl adjacent to an activating group) is 1. The molecule has 0 saturated heterocycles.